The lowest BCUT2D eigenvalue weighted by Gasteiger charge is -2.26. The van der Waals surface area contributed by atoms with Crippen LogP contribution >= 0.6 is 0 Å². The lowest BCUT2D eigenvalue weighted by Crippen LogP contribution is -2.40. The largest absolute Gasteiger partial charge is 0.497 e. The van der Waals surface area contributed by atoms with Crippen molar-refractivity contribution in [3.63, 3.8) is 0 Å². The summed E-state index contributed by atoms with van der Waals surface area (Å²) >= 11 is 0. The fourth-order valence-corrected chi connectivity index (χ4v) is 3.65. The van der Waals surface area contributed by atoms with E-state index in [-0.39, 0.29) is 0 Å². The molecule has 0 radical (unpaired) electrons. The van der Waals surface area contributed by atoms with E-state index in [2.05, 4.69) is 54.5 Å². The SMILES string of the molecule is CCNC(=NCc1ccc2cc(OC)ccc2c1)N(C)CCC1CCOCC1. The zero-order valence-corrected chi connectivity index (χ0v) is 17.4. The Morgan fingerprint density at radius 1 is 1.18 bits per heavy atom. The van der Waals surface area contributed by atoms with Gasteiger partial charge in [0.1, 0.15) is 5.75 Å². The monoisotopic (exact) mass is 383 g/mol. The van der Waals surface area contributed by atoms with Crippen LogP contribution in [0.25, 0.3) is 10.8 Å². The lowest BCUT2D eigenvalue weighted by molar-refractivity contribution is 0.0625. The number of ether oxygens (including phenoxy) is 2. The van der Waals surface area contributed by atoms with Crippen molar-refractivity contribution >= 4 is 16.7 Å². The van der Waals surface area contributed by atoms with Crippen LogP contribution in [0.1, 0.15) is 31.7 Å². The Morgan fingerprint density at radius 3 is 2.68 bits per heavy atom. The van der Waals surface area contributed by atoms with Gasteiger partial charge in [-0.1, -0.05) is 18.2 Å². The Morgan fingerprint density at radius 2 is 1.93 bits per heavy atom. The lowest BCUT2D eigenvalue weighted by atomic mass is 9.96. The highest BCUT2D eigenvalue weighted by Crippen LogP contribution is 2.22. The first-order chi connectivity index (χ1) is 13.7. The Kier molecular flexibility index (Phi) is 7.54. The van der Waals surface area contributed by atoms with Gasteiger partial charge in [-0.05, 0) is 66.6 Å². The molecule has 0 atom stereocenters. The van der Waals surface area contributed by atoms with Crippen LogP contribution in [0.2, 0.25) is 0 Å². The second-order valence-corrected chi connectivity index (χ2v) is 7.48. The van der Waals surface area contributed by atoms with Gasteiger partial charge in [-0.15, -0.1) is 0 Å². The maximum Gasteiger partial charge on any atom is 0.193 e. The summed E-state index contributed by atoms with van der Waals surface area (Å²) in [5.41, 5.74) is 1.21. The van der Waals surface area contributed by atoms with E-state index in [9.17, 15) is 0 Å². The Bertz CT molecular complexity index is 785. The van der Waals surface area contributed by atoms with E-state index < -0.39 is 0 Å². The van der Waals surface area contributed by atoms with Crippen LogP contribution in [0, 0.1) is 5.92 Å². The smallest absolute Gasteiger partial charge is 0.193 e. The highest BCUT2D eigenvalue weighted by molar-refractivity contribution is 5.84. The number of benzene rings is 2. The third kappa shape index (κ3) is 5.61. The van der Waals surface area contributed by atoms with Crippen LogP contribution in [-0.4, -0.2) is 51.3 Å². The molecule has 1 aliphatic heterocycles. The predicted octanol–water partition coefficient (Wildman–Crippen LogP) is 4.06. The minimum Gasteiger partial charge on any atom is -0.497 e. The van der Waals surface area contributed by atoms with Gasteiger partial charge in [0.2, 0.25) is 0 Å². The predicted molar refractivity (Wildman–Crippen MR) is 116 cm³/mol. The van der Waals surface area contributed by atoms with Gasteiger partial charge in [0.25, 0.3) is 0 Å². The van der Waals surface area contributed by atoms with Gasteiger partial charge >= 0.3 is 0 Å². The van der Waals surface area contributed by atoms with Crippen LogP contribution in [0.4, 0.5) is 0 Å². The number of fused-ring (bicyclic) bond motifs is 1. The summed E-state index contributed by atoms with van der Waals surface area (Å²) < 4.78 is 10.8. The molecule has 1 N–H and O–H groups in total. The third-order valence-electron chi connectivity index (χ3n) is 5.43. The van der Waals surface area contributed by atoms with E-state index >= 15 is 0 Å². The average molecular weight is 384 g/mol. The van der Waals surface area contributed by atoms with Crippen molar-refractivity contribution in [2.24, 2.45) is 10.9 Å². The molecule has 0 aromatic heterocycles. The van der Waals surface area contributed by atoms with Crippen molar-refractivity contribution in [1.82, 2.24) is 10.2 Å². The van der Waals surface area contributed by atoms with Crippen molar-refractivity contribution in [1.29, 1.82) is 0 Å². The first kappa shape index (κ1) is 20.5. The summed E-state index contributed by atoms with van der Waals surface area (Å²) in [6.07, 6.45) is 3.56. The van der Waals surface area contributed by atoms with Gasteiger partial charge in [0, 0.05) is 33.4 Å². The molecule has 0 saturated carbocycles. The first-order valence-corrected chi connectivity index (χ1v) is 10.3. The van der Waals surface area contributed by atoms with E-state index in [4.69, 9.17) is 14.5 Å². The molecule has 1 aliphatic rings. The maximum absolute atomic E-state index is 5.47. The number of rotatable bonds is 7. The number of methoxy groups -OCH3 is 1. The third-order valence-corrected chi connectivity index (χ3v) is 5.43. The fraction of sp³-hybridized carbons (Fsp3) is 0.522. The topological polar surface area (TPSA) is 46.1 Å². The Hall–Kier alpha value is -2.27. The van der Waals surface area contributed by atoms with Crippen molar-refractivity contribution in [2.45, 2.75) is 32.7 Å². The zero-order valence-electron chi connectivity index (χ0n) is 17.4. The minimum atomic E-state index is 0.673. The van der Waals surface area contributed by atoms with Crippen LogP contribution in [0.15, 0.2) is 41.4 Å². The molecule has 0 bridgehead atoms. The number of aliphatic imine (C=N–C) groups is 1. The number of hydrogen-bond acceptors (Lipinski definition) is 3. The summed E-state index contributed by atoms with van der Waals surface area (Å²) in [6, 6.07) is 12.7. The highest BCUT2D eigenvalue weighted by atomic mass is 16.5. The molecule has 152 valence electrons. The standard InChI is InChI=1S/C23H33N3O2/c1-4-24-23(26(2)12-9-18-10-13-28-14-11-18)25-17-19-5-6-21-16-22(27-3)8-7-20(21)15-19/h5-8,15-16,18H,4,9-14,17H2,1-3H3,(H,24,25). The van der Waals surface area contributed by atoms with E-state index in [0.29, 0.717) is 6.54 Å². The summed E-state index contributed by atoms with van der Waals surface area (Å²) in [6.45, 7) is 6.51. The van der Waals surface area contributed by atoms with Gasteiger partial charge in [-0.2, -0.15) is 0 Å². The summed E-state index contributed by atoms with van der Waals surface area (Å²) in [4.78, 5) is 7.12. The molecule has 0 spiro atoms. The van der Waals surface area contributed by atoms with Crippen molar-refractivity contribution in [2.75, 3.05) is 40.5 Å². The van der Waals surface area contributed by atoms with Crippen LogP contribution in [-0.2, 0) is 11.3 Å². The molecule has 1 saturated heterocycles. The summed E-state index contributed by atoms with van der Waals surface area (Å²) in [5, 5.41) is 5.83. The molecule has 1 heterocycles. The van der Waals surface area contributed by atoms with Crippen molar-refractivity contribution in [3.05, 3.63) is 42.0 Å². The number of guanidine groups is 1. The van der Waals surface area contributed by atoms with Crippen LogP contribution in [0.5, 0.6) is 5.75 Å². The van der Waals surface area contributed by atoms with Gasteiger partial charge in [0.15, 0.2) is 5.96 Å². The van der Waals surface area contributed by atoms with Gasteiger partial charge in [-0.25, -0.2) is 4.99 Å². The number of hydrogen-bond donors (Lipinski definition) is 1. The normalized spacial score (nSPS) is 15.6. The molecule has 0 aliphatic carbocycles. The second-order valence-electron chi connectivity index (χ2n) is 7.48. The average Bonchev–Trinajstić information content (AvgIpc) is 2.75. The highest BCUT2D eigenvalue weighted by Gasteiger charge is 2.15. The quantitative estimate of drug-likeness (QED) is 0.578. The molecule has 0 amide bonds. The second kappa shape index (κ2) is 10.3. The fourth-order valence-electron chi connectivity index (χ4n) is 3.65. The van der Waals surface area contributed by atoms with Crippen LogP contribution in [0.3, 0.4) is 0 Å². The molecular formula is C23H33N3O2. The molecule has 5 nitrogen and oxygen atoms in total. The van der Waals surface area contributed by atoms with E-state index in [1.165, 1.54) is 35.6 Å². The van der Waals surface area contributed by atoms with Crippen molar-refractivity contribution in [3.8, 4) is 5.75 Å². The molecular weight excluding hydrogens is 350 g/mol. The number of nitrogens with zero attached hydrogens (tertiary/aromatic N) is 2. The molecule has 28 heavy (non-hydrogen) atoms. The van der Waals surface area contributed by atoms with Crippen LogP contribution < -0.4 is 10.1 Å². The molecule has 3 rings (SSSR count). The summed E-state index contributed by atoms with van der Waals surface area (Å²) in [5.74, 6) is 2.64. The molecule has 2 aromatic rings. The van der Waals surface area contributed by atoms with E-state index in [0.717, 1.165) is 43.9 Å². The molecule has 0 unspecified atom stereocenters. The van der Waals surface area contributed by atoms with Gasteiger partial charge in [0.05, 0.1) is 13.7 Å². The van der Waals surface area contributed by atoms with Gasteiger partial charge in [-0.3, -0.25) is 0 Å². The Labute approximate surface area is 168 Å². The maximum atomic E-state index is 5.47. The Balaban J connectivity index is 1.63. The van der Waals surface area contributed by atoms with Crippen molar-refractivity contribution < 1.29 is 9.47 Å². The van der Waals surface area contributed by atoms with E-state index in [1.807, 2.05) is 6.07 Å². The molecule has 2 aromatic carbocycles. The first-order valence-electron chi connectivity index (χ1n) is 10.3. The number of nitrogens with one attached hydrogen (secondary N) is 1. The minimum absolute atomic E-state index is 0.673. The molecule has 1 fully saturated rings. The van der Waals surface area contributed by atoms with Gasteiger partial charge < -0.3 is 19.7 Å². The summed E-state index contributed by atoms with van der Waals surface area (Å²) in [7, 11) is 3.83. The zero-order chi connectivity index (χ0) is 19.8. The molecule has 5 heteroatoms. The van der Waals surface area contributed by atoms with E-state index in [1.54, 1.807) is 7.11 Å².